The number of hydrogen-bond donors (Lipinski definition) is 0. The van der Waals surface area contributed by atoms with E-state index in [9.17, 15) is 0 Å². The summed E-state index contributed by atoms with van der Waals surface area (Å²) in [6.07, 6.45) is 5.47. The lowest BCUT2D eigenvalue weighted by Gasteiger charge is -2.03. The Kier molecular flexibility index (Phi) is 7.17. The van der Waals surface area contributed by atoms with Gasteiger partial charge in [-0.25, -0.2) is 0 Å². The van der Waals surface area contributed by atoms with Gasteiger partial charge in [-0.3, -0.25) is 0 Å². The van der Waals surface area contributed by atoms with Gasteiger partial charge in [0.1, 0.15) is 0 Å². The molecule has 1 nitrogen and oxygen atoms in total. The highest BCUT2D eigenvalue weighted by molar-refractivity contribution is 4.82. The molecule has 0 aliphatic rings. The van der Waals surface area contributed by atoms with Crippen LogP contribution >= 0.6 is 0 Å². The van der Waals surface area contributed by atoms with E-state index in [1.165, 1.54) is 0 Å². The summed E-state index contributed by atoms with van der Waals surface area (Å²) in [4.78, 5) is 0. The highest BCUT2D eigenvalue weighted by Gasteiger charge is 1.91. The summed E-state index contributed by atoms with van der Waals surface area (Å²) in [7, 11) is 0. The van der Waals surface area contributed by atoms with E-state index in [0.717, 1.165) is 25.6 Å². The second kappa shape index (κ2) is 7.35. The molecule has 0 N–H and O–H groups in total. The van der Waals surface area contributed by atoms with Crippen molar-refractivity contribution in [1.29, 1.82) is 0 Å². The lowest BCUT2D eigenvalue weighted by atomic mass is 10.1. The van der Waals surface area contributed by atoms with Crippen LogP contribution in [0.3, 0.4) is 0 Å². The molecule has 0 aromatic rings. The predicted molar refractivity (Wildman–Crippen MR) is 54.3 cm³/mol. The summed E-state index contributed by atoms with van der Waals surface area (Å²) in [5, 5.41) is 0. The van der Waals surface area contributed by atoms with E-state index in [-0.39, 0.29) is 0 Å². The molecule has 0 rings (SSSR count). The van der Waals surface area contributed by atoms with Crippen LogP contribution in [0.15, 0.2) is 12.2 Å². The lowest BCUT2D eigenvalue weighted by molar-refractivity contribution is 0.134. The van der Waals surface area contributed by atoms with Crippen LogP contribution in [0.4, 0.5) is 0 Å². The zero-order valence-corrected chi connectivity index (χ0v) is 8.84. The SMILES string of the molecule is CC(C)CC=CCOCC(C)C. The van der Waals surface area contributed by atoms with Crippen LogP contribution in [0.2, 0.25) is 0 Å². The van der Waals surface area contributed by atoms with Crippen molar-refractivity contribution >= 4 is 0 Å². The predicted octanol–water partition coefficient (Wildman–Crippen LogP) is 3.26. The van der Waals surface area contributed by atoms with Gasteiger partial charge < -0.3 is 4.74 Å². The van der Waals surface area contributed by atoms with Gasteiger partial charge in [0.2, 0.25) is 0 Å². The third-order valence-corrected chi connectivity index (χ3v) is 1.44. The van der Waals surface area contributed by atoms with Gasteiger partial charge in [0.25, 0.3) is 0 Å². The van der Waals surface area contributed by atoms with Crippen molar-refractivity contribution in [3.05, 3.63) is 12.2 Å². The van der Waals surface area contributed by atoms with E-state index < -0.39 is 0 Å². The zero-order valence-electron chi connectivity index (χ0n) is 8.84. The maximum Gasteiger partial charge on any atom is 0.0647 e. The summed E-state index contributed by atoms with van der Waals surface area (Å²) >= 11 is 0. The van der Waals surface area contributed by atoms with Gasteiger partial charge in [-0.05, 0) is 18.3 Å². The average Bonchev–Trinajstić information content (AvgIpc) is 1.95. The van der Waals surface area contributed by atoms with E-state index >= 15 is 0 Å². The van der Waals surface area contributed by atoms with E-state index in [0.29, 0.717) is 5.92 Å². The molecule has 0 amide bonds. The van der Waals surface area contributed by atoms with E-state index in [4.69, 9.17) is 4.74 Å². The molecular formula is C11H22O. The molecular weight excluding hydrogens is 148 g/mol. The fourth-order valence-corrected chi connectivity index (χ4v) is 0.808. The smallest absolute Gasteiger partial charge is 0.0647 e. The maximum absolute atomic E-state index is 5.39. The molecule has 0 aromatic heterocycles. The molecule has 0 aromatic carbocycles. The van der Waals surface area contributed by atoms with Crippen molar-refractivity contribution in [2.45, 2.75) is 34.1 Å². The molecule has 0 aliphatic heterocycles. The van der Waals surface area contributed by atoms with Gasteiger partial charge in [0.15, 0.2) is 0 Å². The Morgan fingerprint density at radius 2 is 1.67 bits per heavy atom. The largest absolute Gasteiger partial charge is 0.377 e. The van der Waals surface area contributed by atoms with Gasteiger partial charge in [0, 0.05) is 6.61 Å². The summed E-state index contributed by atoms with van der Waals surface area (Å²) < 4.78 is 5.39. The standard InChI is InChI=1S/C11H22O/c1-10(2)7-5-6-8-12-9-11(3)4/h5-6,10-11H,7-9H2,1-4H3. The molecule has 1 heteroatoms. The van der Waals surface area contributed by atoms with Gasteiger partial charge in [0.05, 0.1) is 6.61 Å². The van der Waals surface area contributed by atoms with Crippen LogP contribution in [-0.4, -0.2) is 13.2 Å². The fraction of sp³-hybridized carbons (Fsp3) is 0.818. The first kappa shape index (κ1) is 11.7. The third-order valence-electron chi connectivity index (χ3n) is 1.44. The Morgan fingerprint density at radius 3 is 2.17 bits per heavy atom. The number of ether oxygens (including phenoxy) is 1. The molecule has 0 bridgehead atoms. The van der Waals surface area contributed by atoms with Gasteiger partial charge >= 0.3 is 0 Å². The Bertz CT molecular complexity index is 114. The average molecular weight is 170 g/mol. The molecule has 0 saturated heterocycles. The first-order valence-corrected chi connectivity index (χ1v) is 4.85. The highest BCUT2D eigenvalue weighted by atomic mass is 16.5. The number of allylic oxidation sites excluding steroid dienone is 1. The maximum atomic E-state index is 5.39. The summed E-state index contributed by atoms with van der Waals surface area (Å²) in [5.41, 5.74) is 0. The molecule has 0 aliphatic carbocycles. The van der Waals surface area contributed by atoms with Gasteiger partial charge in [-0.2, -0.15) is 0 Å². The Balaban J connectivity index is 3.13. The summed E-state index contributed by atoms with van der Waals surface area (Å²) in [5.74, 6) is 1.40. The molecule has 72 valence electrons. The fourth-order valence-electron chi connectivity index (χ4n) is 0.808. The van der Waals surface area contributed by atoms with Gasteiger partial charge in [-0.1, -0.05) is 39.8 Å². The second-order valence-corrected chi connectivity index (χ2v) is 4.03. The Hall–Kier alpha value is -0.300. The topological polar surface area (TPSA) is 9.23 Å². The van der Waals surface area contributed by atoms with Crippen LogP contribution < -0.4 is 0 Å². The lowest BCUT2D eigenvalue weighted by Crippen LogP contribution is -2.01. The molecule has 0 saturated carbocycles. The van der Waals surface area contributed by atoms with Crippen molar-refractivity contribution in [3.63, 3.8) is 0 Å². The summed E-state index contributed by atoms with van der Waals surface area (Å²) in [6.45, 7) is 10.4. The van der Waals surface area contributed by atoms with Crippen molar-refractivity contribution in [2.24, 2.45) is 11.8 Å². The van der Waals surface area contributed by atoms with Crippen LogP contribution in [0.25, 0.3) is 0 Å². The van der Waals surface area contributed by atoms with Gasteiger partial charge in [-0.15, -0.1) is 0 Å². The Labute approximate surface area is 76.8 Å². The van der Waals surface area contributed by atoms with E-state index in [1.54, 1.807) is 0 Å². The van der Waals surface area contributed by atoms with E-state index in [1.807, 2.05) is 0 Å². The minimum Gasteiger partial charge on any atom is -0.377 e. The van der Waals surface area contributed by atoms with Crippen LogP contribution in [-0.2, 0) is 4.74 Å². The second-order valence-electron chi connectivity index (χ2n) is 4.03. The van der Waals surface area contributed by atoms with Crippen molar-refractivity contribution in [2.75, 3.05) is 13.2 Å². The quantitative estimate of drug-likeness (QED) is 0.439. The van der Waals surface area contributed by atoms with Crippen LogP contribution in [0.5, 0.6) is 0 Å². The monoisotopic (exact) mass is 170 g/mol. The molecule has 0 fully saturated rings. The van der Waals surface area contributed by atoms with E-state index in [2.05, 4.69) is 39.8 Å². The first-order chi connectivity index (χ1) is 5.63. The first-order valence-electron chi connectivity index (χ1n) is 4.85. The highest BCUT2D eigenvalue weighted by Crippen LogP contribution is 1.99. The van der Waals surface area contributed by atoms with Crippen molar-refractivity contribution < 1.29 is 4.74 Å². The van der Waals surface area contributed by atoms with Crippen molar-refractivity contribution in [1.82, 2.24) is 0 Å². The number of rotatable bonds is 6. The minimum atomic E-state index is 0.642. The minimum absolute atomic E-state index is 0.642. The van der Waals surface area contributed by atoms with Crippen LogP contribution in [0, 0.1) is 11.8 Å². The molecule has 0 radical (unpaired) electrons. The van der Waals surface area contributed by atoms with Crippen molar-refractivity contribution in [3.8, 4) is 0 Å². The normalized spacial score (nSPS) is 12.2. The summed E-state index contributed by atoms with van der Waals surface area (Å²) in [6, 6.07) is 0. The Morgan fingerprint density at radius 1 is 1.00 bits per heavy atom. The zero-order chi connectivity index (χ0) is 9.40. The molecule has 0 unspecified atom stereocenters. The molecule has 0 atom stereocenters. The van der Waals surface area contributed by atoms with Crippen LogP contribution in [0.1, 0.15) is 34.1 Å². The number of hydrogen-bond acceptors (Lipinski definition) is 1. The molecule has 0 spiro atoms. The molecule has 0 heterocycles. The third kappa shape index (κ3) is 9.70. The molecule has 12 heavy (non-hydrogen) atoms.